The third kappa shape index (κ3) is 14.1. The van der Waals surface area contributed by atoms with Gasteiger partial charge in [-0.05, 0) is 320 Å². The molecule has 0 heterocycles. The van der Waals surface area contributed by atoms with Crippen molar-refractivity contribution >= 4 is 27.2 Å². The largest absolute Gasteiger partial charge is 0.497 e. The van der Waals surface area contributed by atoms with E-state index in [1.807, 2.05) is 48.5 Å². The lowest BCUT2D eigenvalue weighted by Crippen LogP contribution is -2.55. The van der Waals surface area contributed by atoms with Gasteiger partial charge in [0.05, 0.1) is 29.4 Å². The quantitative estimate of drug-likeness (QED) is 0.0290. The molecule has 0 saturated heterocycles. The molecule has 4 fully saturated rings. The van der Waals surface area contributed by atoms with Gasteiger partial charge in [-0.2, -0.15) is 0 Å². The van der Waals surface area contributed by atoms with Crippen LogP contribution in [0.1, 0.15) is 122 Å². The van der Waals surface area contributed by atoms with E-state index in [9.17, 15) is 22.8 Å². The summed E-state index contributed by atoms with van der Waals surface area (Å²) >= 11 is 0. The van der Waals surface area contributed by atoms with Gasteiger partial charge in [-0.25, -0.2) is 8.42 Å². The molecule has 2 unspecified atom stereocenters. The summed E-state index contributed by atoms with van der Waals surface area (Å²) in [5.74, 6) is 12.7. The lowest BCUT2D eigenvalue weighted by atomic mass is 9.42. The number of hydrogen-bond donors (Lipinski definition) is 0. The third-order valence-electron chi connectivity index (χ3n) is 21.0. The molecule has 12 aromatic carbocycles. The molecule has 526 valence electrons. The molecule has 5 aliphatic carbocycles. The van der Waals surface area contributed by atoms with E-state index < -0.39 is 15.3 Å². The van der Waals surface area contributed by atoms with E-state index in [0.29, 0.717) is 85.8 Å². The fourth-order valence-corrected chi connectivity index (χ4v) is 17.6. The monoisotopic (exact) mass is 1420 g/mol. The number of methoxy groups -OCH3 is 2. The van der Waals surface area contributed by atoms with Gasteiger partial charge in [0.2, 0.25) is 15.6 Å². The van der Waals surface area contributed by atoms with E-state index in [4.69, 9.17) is 38.5 Å². The van der Waals surface area contributed by atoms with Gasteiger partial charge in [-0.15, -0.1) is 0 Å². The van der Waals surface area contributed by atoms with Gasteiger partial charge in [0.1, 0.15) is 34.5 Å². The van der Waals surface area contributed by atoms with Gasteiger partial charge in [-0.3, -0.25) is 33.9 Å². The molecule has 13 nitrogen and oxygen atoms in total. The minimum absolute atomic E-state index is 0.0333. The van der Waals surface area contributed by atoms with E-state index in [2.05, 4.69) is 121 Å². The zero-order valence-electron chi connectivity index (χ0n) is 58.8. The summed E-state index contributed by atoms with van der Waals surface area (Å²) in [4.78, 5) is 59.1. The number of benzene rings is 12. The molecule has 0 N–H and O–H groups in total. The molecule has 0 aliphatic heterocycles. The van der Waals surface area contributed by atoms with Crippen LogP contribution in [0.4, 0.5) is 0 Å². The Morgan fingerprint density at radius 1 is 0.358 bits per heavy atom. The molecule has 5 aliphatic rings. The van der Waals surface area contributed by atoms with Crippen molar-refractivity contribution < 1.29 is 61.3 Å². The molecule has 2 atom stereocenters. The highest BCUT2D eigenvalue weighted by atomic mass is 32.2. The molecular formula is C92H74O13S. The maximum absolute atomic E-state index is 13.0. The van der Waals surface area contributed by atoms with Crippen LogP contribution in [0.25, 0.3) is 11.1 Å². The predicted octanol–water partition coefficient (Wildman–Crippen LogP) is 20.3. The number of carbonyl (C=O) groups excluding carboxylic acids is 3. The first-order valence-corrected chi connectivity index (χ1v) is 36.7. The van der Waals surface area contributed by atoms with E-state index in [0.717, 1.165) is 17.7 Å². The highest BCUT2D eigenvalue weighted by molar-refractivity contribution is 7.91. The molecule has 0 radical (unpaired) electrons. The van der Waals surface area contributed by atoms with E-state index in [1.165, 1.54) is 109 Å². The van der Waals surface area contributed by atoms with Crippen molar-refractivity contribution in [2.24, 2.45) is 11.8 Å². The van der Waals surface area contributed by atoms with Crippen LogP contribution in [-0.2, 0) is 26.1 Å². The predicted molar refractivity (Wildman–Crippen MR) is 406 cm³/mol. The molecular weight excluding hydrogens is 1350 g/mol. The summed E-state index contributed by atoms with van der Waals surface area (Å²) in [6, 6.07) is 91.2. The van der Waals surface area contributed by atoms with Crippen LogP contribution in [0.5, 0.6) is 57.5 Å². The van der Waals surface area contributed by atoms with Crippen LogP contribution in [0, 0.1) is 23.7 Å². The van der Waals surface area contributed by atoms with E-state index >= 15 is 0 Å². The summed E-state index contributed by atoms with van der Waals surface area (Å²) in [7, 11) is -0.440. The number of hydrogen-bond acceptors (Lipinski definition) is 13. The number of Topliss-reactive ketones (excluding diaryl/α,β-unsaturated/α-hetero) is 3. The zero-order valence-corrected chi connectivity index (χ0v) is 59.6. The lowest BCUT2D eigenvalue weighted by molar-refractivity contribution is -0.100. The first-order valence-electron chi connectivity index (χ1n) is 35.2. The van der Waals surface area contributed by atoms with Crippen LogP contribution in [0.3, 0.4) is 0 Å². The van der Waals surface area contributed by atoms with Gasteiger partial charge >= 0.3 is 0 Å². The summed E-state index contributed by atoms with van der Waals surface area (Å²) in [6.07, 6.45) is 7.32. The van der Waals surface area contributed by atoms with E-state index in [1.54, 1.807) is 123 Å². The summed E-state index contributed by atoms with van der Waals surface area (Å²) in [6.45, 7) is 2.98. The fraction of sp³-hybridized carbons (Fsp3) is 0.163. The second kappa shape index (κ2) is 29.4. The average molecular weight is 1420 g/mol. The minimum Gasteiger partial charge on any atom is -0.497 e. The van der Waals surface area contributed by atoms with E-state index in [-0.39, 0.29) is 38.0 Å². The molecule has 4 bridgehead atoms. The Morgan fingerprint density at radius 3 is 1.04 bits per heavy atom. The summed E-state index contributed by atoms with van der Waals surface area (Å²) in [5, 5.41) is 0. The van der Waals surface area contributed by atoms with Crippen LogP contribution >= 0.6 is 0 Å². The average Bonchev–Trinajstić information content (AvgIpc) is 1.34. The number of ketones is 3. The molecule has 4 saturated carbocycles. The third-order valence-corrected chi connectivity index (χ3v) is 22.8. The van der Waals surface area contributed by atoms with Crippen molar-refractivity contribution in [1.29, 1.82) is 0 Å². The highest BCUT2D eigenvalue weighted by Crippen LogP contribution is 2.66. The molecule has 12 aromatic rings. The lowest BCUT2D eigenvalue weighted by Gasteiger charge is -2.62. The fourth-order valence-electron chi connectivity index (χ4n) is 16.3. The van der Waals surface area contributed by atoms with Gasteiger partial charge in [-0.1, -0.05) is 103 Å². The standard InChI is InChI=1S/C64H52O7.C28H22O6S/c1-66-51-26-14-46(15-27-51)61(65)36-13-43-11-24-53(25-12-43)68-69-54-30-16-47(17-31-54)62-38-44-37-45(39-62)41-63(40-44,42-62)48-18-32-55(33-19-48)70-71-56-34-22-50(23-35-56)64(49-20-28-52(67-2)29-21-49)59-9-5-3-7-57(59)58-8-4-6-10-60(58)64;1-19(29)21-3-7-23(8-4-21)33-25-11-15-27(16-12-25)35(31,32)28-17-13-26(14-18-28)34-24-9-5-22(6-10-24)20(2)30/h3-12,14-35,44-45H,37-42H2,1-2H3;3-18H,1-2H3. The minimum atomic E-state index is -3.73. The van der Waals surface area contributed by atoms with Crippen molar-refractivity contribution in [2.75, 3.05) is 14.2 Å². The van der Waals surface area contributed by atoms with Gasteiger partial charge < -0.3 is 18.9 Å². The van der Waals surface area contributed by atoms with Crippen LogP contribution in [-0.4, -0.2) is 40.0 Å². The van der Waals surface area contributed by atoms with Gasteiger partial charge in [0.15, 0.2) is 34.6 Å². The Bertz CT molecular complexity index is 5210. The summed E-state index contributed by atoms with van der Waals surface area (Å²) < 4.78 is 48.3. The smallest absolute Gasteiger partial charge is 0.236 e. The maximum atomic E-state index is 13.0. The van der Waals surface area contributed by atoms with Crippen LogP contribution in [0.2, 0.25) is 0 Å². The second-order valence-corrected chi connectivity index (χ2v) is 29.6. The second-order valence-electron chi connectivity index (χ2n) is 27.6. The van der Waals surface area contributed by atoms with Gasteiger partial charge in [0, 0.05) is 22.3 Å². The Kier molecular flexibility index (Phi) is 19.2. The Balaban J connectivity index is 0.000000216. The number of ether oxygens (including phenoxy) is 4. The number of rotatable bonds is 21. The SMILES string of the molecule is CC(=O)c1ccc(Oc2ccc(S(=O)(=O)c3ccc(Oc4ccc(C(C)=O)cc4)cc3)cc2)cc1.COc1ccc(C(=O)C#Cc2ccc(OOc3ccc(C45CC6CC(C4)CC(c4ccc(OOc7ccc(C8(c9ccc(OC)cc9)c9ccccc9-c9ccccc98)cc7)cc4)(C6)C5)cc3)cc2)cc1. The Labute approximate surface area is 616 Å². The molecule has 0 aromatic heterocycles. The topological polar surface area (TPSA) is 159 Å². The Hall–Kier alpha value is -12.4. The van der Waals surface area contributed by atoms with Gasteiger partial charge in [0.25, 0.3) is 0 Å². The number of sulfone groups is 1. The molecule has 0 spiro atoms. The Morgan fingerprint density at radius 2 is 0.670 bits per heavy atom. The number of fused-ring (bicyclic) bond motifs is 3. The van der Waals surface area contributed by atoms with Crippen molar-refractivity contribution in [3.63, 3.8) is 0 Å². The van der Waals surface area contributed by atoms with Crippen molar-refractivity contribution in [1.82, 2.24) is 0 Å². The molecule has 14 heteroatoms. The zero-order chi connectivity index (χ0) is 73.0. The highest BCUT2D eigenvalue weighted by Gasteiger charge is 2.58. The molecule has 106 heavy (non-hydrogen) atoms. The first kappa shape index (κ1) is 69.3. The normalized spacial score (nSPS) is 17.5. The van der Waals surface area contributed by atoms with Crippen molar-refractivity contribution in [3.8, 4) is 80.5 Å². The number of carbonyl (C=O) groups is 3. The summed E-state index contributed by atoms with van der Waals surface area (Å²) in [5.41, 5.74) is 12.2. The van der Waals surface area contributed by atoms with Crippen molar-refractivity contribution in [2.45, 2.75) is 78.4 Å². The van der Waals surface area contributed by atoms with Crippen LogP contribution < -0.4 is 38.5 Å². The van der Waals surface area contributed by atoms with Crippen molar-refractivity contribution in [3.05, 3.63) is 347 Å². The van der Waals surface area contributed by atoms with Crippen LogP contribution in [0.15, 0.2) is 301 Å². The maximum Gasteiger partial charge on any atom is 0.236 e. The first-order chi connectivity index (χ1) is 51.5. The molecule has 17 rings (SSSR count). The molecule has 0 amide bonds.